The smallest absolute Gasteiger partial charge is 0.131 e. The Labute approximate surface area is 124 Å². The lowest BCUT2D eigenvalue weighted by Crippen LogP contribution is -2.41. The average molecular weight is 280 g/mol. The van der Waals surface area contributed by atoms with Crippen molar-refractivity contribution in [2.45, 2.75) is 67.1 Å². The highest BCUT2D eigenvalue weighted by atomic mass is 15.4. The number of hydrogen-bond donors (Lipinski definition) is 1. The zero-order valence-electron chi connectivity index (χ0n) is 14.7. The summed E-state index contributed by atoms with van der Waals surface area (Å²) in [6.07, 6.45) is 0. The number of nitrogens with one attached hydrogen (secondary N) is 1. The van der Waals surface area contributed by atoms with E-state index < -0.39 is 0 Å². The van der Waals surface area contributed by atoms with Crippen molar-refractivity contribution in [3.05, 3.63) is 11.3 Å². The predicted molar refractivity (Wildman–Crippen MR) is 87.2 cm³/mol. The highest BCUT2D eigenvalue weighted by molar-refractivity contribution is 5.50. The first-order valence-electron chi connectivity index (χ1n) is 7.54. The van der Waals surface area contributed by atoms with E-state index in [1.807, 2.05) is 11.7 Å². The molecule has 1 atom stereocenters. The first-order valence-corrected chi connectivity index (χ1v) is 7.54. The summed E-state index contributed by atoms with van der Waals surface area (Å²) in [5.41, 5.74) is 2.65. The van der Waals surface area contributed by atoms with Crippen LogP contribution in [0.3, 0.4) is 0 Å². The van der Waals surface area contributed by atoms with Crippen LogP contribution in [0.2, 0.25) is 0 Å². The third-order valence-electron chi connectivity index (χ3n) is 4.17. The fourth-order valence-corrected chi connectivity index (χ4v) is 2.41. The molecule has 1 aromatic heterocycles. The molecule has 4 nitrogen and oxygen atoms in total. The van der Waals surface area contributed by atoms with Crippen LogP contribution in [0.1, 0.15) is 52.8 Å². The standard InChI is InChI=1S/C16H32N4/c1-11(2)17-10-14-12(3)18-20(9)15(14)19(8)13(4)16(5,6)7/h11,13,17H,10H2,1-9H3. The van der Waals surface area contributed by atoms with Crippen LogP contribution in [0, 0.1) is 12.3 Å². The molecule has 116 valence electrons. The van der Waals surface area contributed by atoms with Gasteiger partial charge in [0, 0.05) is 38.3 Å². The van der Waals surface area contributed by atoms with Crippen molar-refractivity contribution in [1.82, 2.24) is 15.1 Å². The van der Waals surface area contributed by atoms with E-state index in [0.717, 1.165) is 12.2 Å². The lowest BCUT2D eigenvalue weighted by atomic mass is 9.87. The molecular formula is C16H32N4. The Kier molecular flexibility index (Phi) is 5.25. The van der Waals surface area contributed by atoms with E-state index in [9.17, 15) is 0 Å². The van der Waals surface area contributed by atoms with Crippen molar-refractivity contribution in [3.8, 4) is 0 Å². The maximum Gasteiger partial charge on any atom is 0.131 e. The predicted octanol–water partition coefficient (Wildman–Crippen LogP) is 3.10. The van der Waals surface area contributed by atoms with Gasteiger partial charge in [-0.2, -0.15) is 5.10 Å². The Balaban J connectivity index is 3.10. The van der Waals surface area contributed by atoms with E-state index in [-0.39, 0.29) is 5.41 Å². The van der Waals surface area contributed by atoms with Crippen LogP contribution in [0.4, 0.5) is 5.82 Å². The summed E-state index contributed by atoms with van der Waals surface area (Å²) in [5, 5.41) is 8.12. The van der Waals surface area contributed by atoms with Crippen LogP contribution >= 0.6 is 0 Å². The largest absolute Gasteiger partial charge is 0.356 e. The third-order valence-corrected chi connectivity index (χ3v) is 4.17. The lowest BCUT2D eigenvalue weighted by Gasteiger charge is -2.37. The number of nitrogens with zero attached hydrogens (tertiary/aromatic N) is 3. The van der Waals surface area contributed by atoms with Gasteiger partial charge in [-0.1, -0.05) is 34.6 Å². The summed E-state index contributed by atoms with van der Waals surface area (Å²) >= 11 is 0. The lowest BCUT2D eigenvalue weighted by molar-refractivity contribution is 0.326. The molecule has 0 spiro atoms. The average Bonchev–Trinajstić information content (AvgIpc) is 2.58. The first-order chi connectivity index (χ1) is 9.05. The fraction of sp³-hybridized carbons (Fsp3) is 0.812. The highest BCUT2D eigenvalue weighted by Gasteiger charge is 2.28. The molecule has 0 amide bonds. The summed E-state index contributed by atoms with van der Waals surface area (Å²) < 4.78 is 2.01. The minimum absolute atomic E-state index is 0.232. The second-order valence-corrected chi connectivity index (χ2v) is 7.20. The van der Waals surface area contributed by atoms with Crippen molar-refractivity contribution >= 4 is 5.82 Å². The van der Waals surface area contributed by atoms with Crippen molar-refractivity contribution in [2.75, 3.05) is 11.9 Å². The van der Waals surface area contributed by atoms with Gasteiger partial charge in [0.1, 0.15) is 5.82 Å². The van der Waals surface area contributed by atoms with E-state index >= 15 is 0 Å². The van der Waals surface area contributed by atoms with Crippen molar-refractivity contribution in [2.24, 2.45) is 12.5 Å². The van der Waals surface area contributed by atoms with E-state index in [1.54, 1.807) is 0 Å². The maximum atomic E-state index is 4.61. The molecule has 0 bridgehead atoms. The molecule has 0 aliphatic heterocycles. The summed E-state index contributed by atoms with van der Waals surface area (Å²) in [6, 6.07) is 0.919. The Morgan fingerprint density at radius 2 is 1.80 bits per heavy atom. The van der Waals surface area contributed by atoms with Gasteiger partial charge >= 0.3 is 0 Å². The third kappa shape index (κ3) is 3.75. The zero-order valence-corrected chi connectivity index (χ0v) is 14.7. The van der Waals surface area contributed by atoms with Gasteiger partial charge in [0.05, 0.1) is 5.69 Å². The molecule has 0 fully saturated rings. The van der Waals surface area contributed by atoms with Crippen molar-refractivity contribution in [1.29, 1.82) is 0 Å². The Hall–Kier alpha value is -1.03. The van der Waals surface area contributed by atoms with E-state index in [1.165, 1.54) is 11.4 Å². The van der Waals surface area contributed by atoms with Crippen LogP contribution in [-0.4, -0.2) is 28.9 Å². The molecule has 1 N–H and O–H groups in total. The summed E-state index contributed by atoms with van der Waals surface area (Å²) in [5.74, 6) is 1.22. The second-order valence-electron chi connectivity index (χ2n) is 7.20. The van der Waals surface area contributed by atoms with Crippen LogP contribution in [0.15, 0.2) is 0 Å². The van der Waals surface area contributed by atoms with Crippen molar-refractivity contribution in [3.63, 3.8) is 0 Å². The molecule has 0 aromatic carbocycles. The molecule has 0 aliphatic carbocycles. The number of aromatic nitrogens is 2. The molecule has 20 heavy (non-hydrogen) atoms. The molecule has 1 heterocycles. The van der Waals surface area contributed by atoms with E-state index in [0.29, 0.717) is 12.1 Å². The molecular weight excluding hydrogens is 248 g/mol. The van der Waals surface area contributed by atoms with Crippen molar-refractivity contribution < 1.29 is 0 Å². The number of aryl methyl sites for hydroxylation is 2. The molecule has 0 saturated heterocycles. The van der Waals surface area contributed by atoms with Crippen LogP contribution < -0.4 is 10.2 Å². The van der Waals surface area contributed by atoms with Gasteiger partial charge in [0.25, 0.3) is 0 Å². The maximum absolute atomic E-state index is 4.61. The van der Waals surface area contributed by atoms with Gasteiger partial charge in [-0.05, 0) is 19.3 Å². The highest BCUT2D eigenvalue weighted by Crippen LogP contribution is 2.30. The minimum Gasteiger partial charge on any atom is -0.356 e. The first kappa shape index (κ1) is 17.0. The van der Waals surface area contributed by atoms with Gasteiger partial charge in [-0.15, -0.1) is 0 Å². The summed E-state index contributed by atoms with van der Waals surface area (Å²) in [4.78, 5) is 2.36. The normalized spacial score (nSPS) is 13.9. The SMILES string of the molecule is Cc1nn(C)c(N(C)C(C)C(C)(C)C)c1CNC(C)C. The fourth-order valence-electron chi connectivity index (χ4n) is 2.41. The molecule has 0 saturated carbocycles. The van der Waals surface area contributed by atoms with Gasteiger partial charge in [0.15, 0.2) is 0 Å². The Bertz CT molecular complexity index is 440. The molecule has 1 unspecified atom stereocenters. The quantitative estimate of drug-likeness (QED) is 0.899. The van der Waals surface area contributed by atoms with E-state index in [2.05, 4.69) is 70.8 Å². The molecule has 4 heteroatoms. The van der Waals surface area contributed by atoms with Gasteiger partial charge < -0.3 is 10.2 Å². The van der Waals surface area contributed by atoms with Gasteiger partial charge in [0.2, 0.25) is 0 Å². The Morgan fingerprint density at radius 1 is 1.25 bits per heavy atom. The second kappa shape index (κ2) is 6.17. The zero-order chi connectivity index (χ0) is 15.7. The number of anilines is 1. The monoisotopic (exact) mass is 280 g/mol. The van der Waals surface area contributed by atoms with Crippen LogP contribution in [-0.2, 0) is 13.6 Å². The minimum atomic E-state index is 0.232. The molecule has 1 rings (SSSR count). The molecule has 0 radical (unpaired) electrons. The van der Waals surface area contributed by atoms with Gasteiger partial charge in [-0.3, -0.25) is 4.68 Å². The topological polar surface area (TPSA) is 33.1 Å². The van der Waals surface area contributed by atoms with Crippen LogP contribution in [0.25, 0.3) is 0 Å². The van der Waals surface area contributed by atoms with Gasteiger partial charge in [-0.25, -0.2) is 0 Å². The summed E-state index contributed by atoms with van der Waals surface area (Å²) in [6.45, 7) is 16.4. The molecule has 1 aromatic rings. The number of hydrogen-bond acceptors (Lipinski definition) is 3. The summed E-state index contributed by atoms with van der Waals surface area (Å²) in [7, 11) is 4.21. The van der Waals surface area contributed by atoms with E-state index in [4.69, 9.17) is 0 Å². The molecule has 0 aliphatic rings. The number of rotatable bonds is 5. The van der Waals surface area contributed by atoms with Crippen LogP contribution in [0.5, 0.6) is 0 Å². The Morgan fingerprint density at radius 3 is 2.25 bits per heavy atom.